The summed E-state index contributed by atoms with van der Waals surface area (Å²) in [4.78, 5) is 9.04. The second-order valence-electron chi connectivity index (χ2n) is 6.91. The van der Waals surface area contributed by atoms with E-state index in [4.69, 9.17) is 0 Å². The second kappa shape index (κ2) is 7.72. The molecule has 0 unspecified atom stereocenters. The standard InChI is InChI=1S/C21H28N2/c1-3-5-17-14-22-21(23-15-17)20-12-10-19(11-13-20)18-8-6-16(4-2)7-9-18/h10-16,18H,3-9H2,1-2H3/t16-,18-. The highest BCUT2D eigenvalue weighted by Gasteiger charge is 2.21. The highest BCUT2D eigenvalue weighted by Crippen LogP contribution is 2.37. The predicted molar refractivity (Wildman–Crippen MR) is 96.5 cm³/mol. The van der Waals surface area contributed by atoms with Crippen LogP contribution in [-0.2, 0) is 6.42 Å². The van der Waals surface area contributed by atoms with Crippen molar-refractivity contribution in [2.75, 3.05) is 0 Å². The van der Waals surface area contributed by atoms with Gasteiger partial charge in [0.2, 0.25) is 0 Å². The van der Waals surface area contributed by atoms with E-state index >= 15 is 0 Å². The quantitative estimate of drug-likeness (QED) is 0.699. The predicted octanol–water partition coefficient (Wildman–Crippen LogP) is 5.78. The lowest BCUT2D eigenvalue weighted by Gasteiger charge is -2.28. The van der Waals surface area contributed by atoms with Crippen molar-refractivity contribution in [2.45, 2.75) is 64.7 Å². The van der Waals surface area contributed by atoms with Gasteiger partial charge in [0, 0.05) is 18.0 Å². The van der Waals surface area contributed by atoms with Gasteiger partial charge in [-0.2, -0.15) is 0 Å². The van der Waals surface area contributed by atoms with Gasteiger partial charge in [0.25, 0.3) is 0 Å². The van der Waals surface area contributed by atoms with Gasteiger partial charge in [0.05, 0.1) is 0 Å². The molecular weight excluding hydrogens is 280 g/mol. The Morgan fingerprint density at radius 3 is 2.13 bits per heavy atom. The van der Waals surface area contributed by atoms with Crippen molar-refractivity contribution in [2.24, 2.45) is 5.92 Å². The van der Waals surface area contributed by atoms with E-state index in [0.29, 0.717) is 0 Å². The summed E-state index contributed by atoms with van der Waals surface area (Å²) in [6, 6.07) is 8.96. The zero-order valence-electron chi connectivity index (χ0n) is 14.5. The van der Waals surface area contributed by atoms with Gasteiger partial charge in [-0.05, 0) is 55.1 Å². The molecule has 23 heavy (non-hydrogen) atoms. The summed E-state index contributed by atoms with van der Waals surface area (Å²) in [7, 11) is 0. The smallest absolute Gasteiger partial charge is 0.159 e. The molecule has 2 aromatic rings. The molecule has 1 fully saturated rings. The number of hydrogen-bond donors (Lipinski definition) is 0. The fourth-order valence-corrected chi connectivity index (χ4v) is 3.73. The molecule has 0 saturated heterocycles. The number of nitrogens with zero attached hydrogens (tertiary/aromatic N) is 2. The first-order valence-corrected chi connectivity index (χ1v) is 9.21. The zero-order valence-corrected chi connectivity index (χ0v) is 14.5. The molecule has 0 bridgehead atoms. The lowest BCUT2D eigenvalue weighted by atomic mass is 9.78. The van der Waals surface area contributed by atoms with Crippen molar-refractivity contribution in [3.05, 3.63) is 47.8 Å². The zero-order chi connectivity index (χ0) is 16.1. The summed E-state index contributed by atoms with van der Waals surface area (Å²) in [6.45, 7) is 4.51. The van der Waals surface area contributed by atoms with Crippen LogP contribution in [0.5, 0.6) is 0 Å². The Labute approximate surface area is 140 Å². The number of hydrogen-bond acceptors (Lipinski definition) is 2. The summed E-state index contributed by atoms with van der Waals surface area (Å²) in [6.07, 6.45) is 12.9. The van der Waals surface area contributed by atoms with E-state index in [1.807, 2.05) is 12.4 Å². The first kappa shape index (κ1) is 16.2. The monoisotopic (exact) mass is 308 g/mol. The normalized spacial score (nSPS) is 21.3. The van der Waals surface area contributed by atoms with Crippen LogP contribution in [0, 0.1) is 5.92 Å². The van der Waals surface area contributed by atoms with Gasteiger partial charge >= 0.3 is 0 Å². The van der Waals surface area contributed by atoms with E-state index in [1.54, 1.807) is 0 Å². The average Bonchev–Trinajstić information content (AvgIpc) is 2.63. The van der Waals surface area contributed by atoms with Crippen LogP contribution in [0.15, 0.2) is 36.7 Å². The summed E-state index contributed by atoms with van der Waals surface area (Å²) in [5.41, 5.74) is 3.84. The Balaban J connectivity index is 1.67. The molecule has 1 heterocycles. The van der Waals surface area contributed by atoms with E-state index in [2.05, 4.69) is 48.1 Å². The summed E-state index contributed by atoms with van der Waals surface area (Å²) < 4.78 is 0. The maximum Gasteiger partial charge on any atom is 0.159 e. The van der Waals surface area contributed by atoms with Crippen molar-refractivity contribution < 1.29 is 0 Å². The van der Waals surface area contributed by atoms with Gasteiger partial charge in [-0.3, -0.25) is 0 Å². The summed E-state index contributed by atoms with van der Waals surface area (Å²) in [5.74, 6) is 2.55. The van der Waals surface area contributed by atoms with E-state index in [9.17, 15) is 0 Å². The summed E-state index contributed by atoms with van der Waals surface area (Å²) in [5, 5.41) is 0. The average molecular weight is 308 g/mol. The molecule has 0 radical (unpaired) electrons. The minimum Gasteiger partial charge on any atom is -0.236 e. The largest absolute Gasteiger partial charge is 0.236 e. The molecular formula is C21H28N2. The molecule has 2 heteroatoms. The van der Waals surface area contributed by atoms with Gasteiger partial charge < -0.3 is 0 Å². The van der Waals surface area contributed by atoms with Crippen LogP contribution in [0.4, 0.5) is 0 Å². The maximum atomic E-state index is 4.52. The Kier molecular flexibility index (Phi) is 5.43. The van der Waals surface area contributed by atoms with Gasteiger partial charge in [0.1, 0.15) is 0 Å². The number of benzene rings is 1. The van der Waals surface area contributed by atoms with Gasteiger partial charge in [-0.25, -0.2) is 9.97 Å². The first-order chi connectivity index (χ1) is 11.3. The molecule has 1 aromatic carbocycles. The molecule has 0 amide bonds. The Hall–Kier alpha value is -1.70. The molecule has 1 aliphatic rings. The topological polar surface area (TPSA) is 25.8 Å². The maximum absolute atomic E-state index is 4.52. The van der Waals surface area contributed by atoms with Crippen LogP contribution in [0.3, 0.4) is 0 Å². The molecule has 1 aliphatic carbocycles. The molecule has 0 aliphatic heterocycles. The van der Waals surface area contributed by atoms with Crippen LogP contribution in [0.2, 0.25) is 0 Å². The van der Waals surface area contributed by atoms with E-state index in [0.717, 1.165) is 36.1 Å². The Morgan fingerprint density at radius 1 is 0.913 bits per heavy atom. The third-order valence-electron chi connectivity index (χ3n) is 5.31. The van der Waals surface area contributed by atoms with Crippen molar-refractivity contribution in [1.29, 1.82) is 0 Å². The molecule has 0 atom stereocenters. The molecule has 122 valence electrons. The second-order valence-corrected chi connectivity index (χ2v) is 6.91. The fourth-order valence-electron chi connectivity index (χ4n) is 3.73. The summed E-state index contributed by atoms with van der Waals surface area (Å²) >= 11 is 0. The Bertz CT molecular complexity index is 593. The van der Waals surface area contributed by atoms with Crippen LogP contribution in [0.1, 0.15) is 69.4 Å². The third kappa shape index (κ3) is 3.99. The lowest BCUT2D eigenvalue weighted by molar-refractivity contribution is 0.319. The van der Waals surface area contributed by atoms with Crippen LogP contribution in [0.25, 0.3) is 11.4 Å². The SMILES string of the molecule is CCCc1cnc(-c2ccc([C@H]3CC[C@H](CC)CC3)cc2)nc1. The molecule has 1 saturated carbocycles. The van der Waals surface area contributed by atoms with Gasteiger partial charge in [0.15, 0.2) is 5.82 Å². The van der Waals surface area contributed by atoms with Gasteiger partial charge in [-0.1, -0.05) is 51.0 Å². The molecule has 1 aromatic heterocycles. The van der Waals surface area contributed by atoms with Crippen LogP contribution < -0.4 is 0 Å². The van der Waals surface area contributed by atoms with E-state index in [-0.39, 0.29) is 0 Å². The van der Waals surface area contributed by atoms with Crippen molar-refractivity contribution in [3.8, 4) is 11.4 Å². The van der Waals surface area contributed by atoms with Crippen molar-refractivity contribution >= 4 is 0 Å². The lowest BCUT2D eigenvalue weighted by Crippen LogP contribution is -2.12. The minimum atomic E-state index is 0.750. The highest BCUT2D eigenvalue weighted by molar-refractivity contribution is 5.55. The van der Waals surface area contributed by atoms with Crippen LogP contribution in [-0.4, -0.2) is 9.97 Å². The Morgan fingerprint density at radius 2 is 1.57 bits per heavy atom. The highest BCUT2D eigenvalue weighted by atomic mass is 14.9. The van der Waals surface area contributed by atoms with Crippen molar-refractivity contribution in [1.82, 2.24) is 9.97 Å². The fraction of sp³-hybridized carbons (Fsp3) is 0.524. The number of rotatable bonds is 5. The molecule has 0 spiro atoms. The molecule has 2 nitrogen and oxygen atoms in total. The minimum absolute atomic E-state index is 0.750. The third-order valence-corrected chi connectivity index (χ3v) is 5.31. The molecule has 0 N–H and O–H groups in total. The van der Waals surface area contributed by atoms with E-state index in [1.165, 1.54) is 43.2 Å². The first-order valence-electron chi connectivity index (χ1n) is 9.21. The van der Waals surface area contributed by atoms with Crippen molar-refractivity contribution in [3.63, 3.8) is 0 Å². The van der Waals surface area contributed by atoms with Gasteiger partial charge in [-0.15, -0.1) is 0 Å². The number of aromatic nitrogens is 2. The van der Waals surface area contributed by atoms with E-state index < -0.39 is 0 Å². The molecule has 3 rings (SSSR count). The number of aryl methyl sites for hydroxylation is 1. The van der Waals surface area contributed by atoms with Crippen LogP contribution >= 0.6 is 0 Å².